The number of hydrogen-bond acceptors (Lipinski definition) is 3. The molecule has 1 atom stereocenters. The minimum Gasteiger partial charge on any atom is -0.478 e. The maximum absolute atomic E-state index is 13.9. The van der Waals surface area contributed by atoms with E-state index in [0.29, 0.717) is 18.2 Å². The zero-order valence-corrected chi connectivity index (χ0v) is 12.6. The van der Waals surface area contributed by atoms with E-state index in [1.807, 2.05) is 6.26 Å². The fourth-order valence-corrected chi connectivity index (χ4v) is 2.68. The highest BCUT2D eigenvalue weighted by atomic mass is 79.9. The molecule has 1 rings (SSSR count). The number of carbonyl (C=O) groups is 1. The first-order valence-corrected chi connectivity index (χ1v) is 7.60. The molecule has 1 unspecified atom stereocenters. The number of aromatic carboxylic acids is 1. The molecule has 1 aromatic rings. The Morgan fingerprint density at radius 3 is 2.83 bits per heavy atom. The normalized spacial score (nSPS) is 12.2. The third-order valence-electron chi connectivity index (χ3n) is 2.40. The molecule has 0 aliphatic carbocycles. The second-order valence-electron chi connectivity index (χ2n) is 4.04. The van der Waals surface area contributed by atoms with E-state index in [4.69, 9.17) is 5.11 Å². The third-order valence-corrected chi connectivity index (χ3v) is 4.08. The largest absolute Gasteiger partial charge is 0.478 e. The first kappa shape index (κ1) is 15.3. The highest BCUT2D eigenvalue weighted by Crippen LogP contribution is 2.27. The first-order valence-electron chi connectivity index (χ1n) is 5.41. The van der Waals surface area contributed by atoms with Gasteiger partial charge in [0.25, 0.3) is 0 Å². The van der Waals surface area contributed by atoms with E-state index in [-0.39, 0.29) is 10.0 Å². The van der Waals surface area contributed by atoms with Gasteiger partial charge in [-0.1, -0.05) is 6.92 Å². The Hall–Kier alpha value is -0.750. The van der Waals surface area contributed by atoms with Gasteiger partial charge in [0.05, 0.1) is 15.7 Å². The van der Waals surface area contributed by atoms with Crippen molar-refractivity contribution in [2.24, 2.45) is 5.92 Å². The van der Waals surface area contributed by atoms with Crippen molar-refractivity contribution in [3.8, 4) is 0 Å². The summed E-state index contributed by atoms with van der Waals surface area (Å²) in [5.74, 6) is -0.310. The van der Waals surface area contributed by atoms with Crippen LogP contribution < -0.4 is 5.32 Å². The fourth-order valence-electron chi connectivity index (χ4n) is 1.48. The van der Waals surface area contributed by atoms with E-state index in [1.165, 1.54) is 12.1 Å². The molecule has 2 N–H and O–H groups in total. The Morgan fingerprint density at radius 1 is 1.61 bits per heavy atom. The average molecular weight is 336 g/mol. The van der Waals surface area contributed by atoms with Crippen molar-refractivity contribution in [2.45, 2.75) is 6.92 Å². The second kappa shape index (κ2) is 6.99. The molecule has 0 saturated carbocycles. The van der Waals surface area contributed by atoms with Crippen molar-refractivity contribution in [1.82, 2.24) is 0 Å². The summed E-state index contributed by atoms with van der Waals surface area (Å²) in [5, 5.41) is 11.8. The molecule has 0 spiro atoms. The molecule has 0 aromatic heterocycles. The molecule has 0 amide bonds. The molecular weight excluding hydrogens is 321 g/mol. The van der Waals surface area contributed by atoms with Crippen LogP contribution in [0.4, 0.5) is 10.1 Å². The summed E-state index contributed by atoms with van der Waals surface area (Å²) >= 11 is 4.71. The Balaban J connectivity index is 2.79. The monoisotopic (exact) mass is 335 g/mol. The third kappa shape index (κ3) is 3.88. The second-order valence-corrected chi connectivity index (χ2v) is 5.74. The predicted octanol–water partition coefficient (Wildman–Crippen LogP) is 3.70. The number of carboxylic acids is 1. The van der Waals surface area contributed by atoms with Crippen LogP contribution in [0.3, 0.4) is 0 Å². The van der Waals surface area contributed by atoms with Gasteiger partial charge in [0.15, 0.2) is 5.82 Å². The van der Waals surface area contributed by atoms with Crippen molar-refractivity contribution >= 4 is 39.3 Å². The molecule has 0 fully saturated rings. The van der Waals surface area contributed by atoms with Gasteiger partial charge in [-0.2, -0.15) is 11.8 Å². The summed E-state index contributed by atoms with van der Waals surface area (Å²) in [6, 6.07) is 2.84. The van der Waals surface area contributed by atoms with Gasteiger partial charge in [-0.05, 0) is 46.0 Å². The van der Waals surface area contributed by atoms with E-state index in [0.717, 1.165) is 5.75 Å². The minimum absolute atomic E-state index is 0.0162. The van der Waals surface area contributed by atoms with Gasteiger partial charge in [0.2, 0.25) is 0 Å². The van der Waals surface area contributed by atoms with Crippen molar-refractivity contribution in [3.05, 3.63) is 28.0 Å². The van der Waals surface area contributed by atoms with E-state index in [9.17, 15) is 9.18 Å². The number of carboxylic acid groups (broad SMARTS) is 1. The number of benzene rings is 1. The molecule has 0 aliphatic heterocycles. The number of nitrogens with one attached hydrogen (secondary N) is 1. The van der Waals surface area contributed by atoms with E-state index < -0.39 is 11.8 Å². The maximum Gasteiger partial charge on any atom is 0.336 e. The van der Waals surface area contributed by atoms with Gasteiger partial charge < -0.3 is 10.4 Å². The lowest BCUT2D eigenvalue weighted by Gasteiger charge is -2.14. The molecule has 1 aromatic carbocycles. The Kier molecular flexibility index (Phi) is 5.95. The number of anilines is 1. The van der Waals surface area contributed by atoms with Gasteiger partial charge in [0.1, 0.15) is 0 Å². The van der Waals surface area contributed by atoms with Crippen LogP contribution in [0.5, 0.6) is 0 Å². The van der Waals surface area contributed by atoms with Gasteiger partial charge in [-0.3, -0.25) is 0 Å². The number of hydrogen-bond donors (Lipinski definition) is 2. The SMILES string of the molecule is CSCC(C)CNc1ccc(C(=O)O)c(Br)c1F. The average Bonchev–Trinajstić information content (AvgIpc) is 2.31. The van der Waals surface area contributed by atoms with Gasteiger partial charge in [-0.15, -0.1) is 0 Å². The number of rotatable bonds is 6. The lowest BCUT2D eigenvalue weighted by Crippen LogP contribution is -2.14. The highest BCUT2D eigenvalue weighted by molar-refractivity contribution is 9.10. The van der Waals surface area contributed by atoms with Crippen molar-refractivity contribution < 1.29 is 14.3 Å². The standard InChI is InChI=1S/C12H15BrFNO2S/c1-7(6-18-2)5-15-9-4-3-8(12(16)17)10(13)11(9)14/h3-4,7,15H,5-6H2,1-2H3,(H,16,17). The van der Waals surface area contributed by atoms with Crippen LogP contribution in [0.25, 0.3) is 0 Å². The predicted molar refractivity (Wildman–Crippen MR) is 77.1 cm³/mol. The summed E-state index contributed by atoms with van der Waals surface area (Å²) in [7, 11) is 0. The fraction of sp³-hybridized carbons (Fsp3) is 0.417. The lowest BCUT2D eigenvalue weighted by atomic mass is 10.1. The van der Waals surface area contributed by atoms with E-state index in [2.05, 4.69) is 28.2 Å². The van der Waals surface area contributed by atoms with E-state index >= 15 is 0 Å². The van der Waals surface area contributed by atoms with Gasteiger partial charge in [-0.25, -0.2) is 9.18 Å². The van der Waals surface area contributed by atoms with Crippen LogP contribution in [-0.2, 0) is 0 Å². The van der Waals surface area contributed by atoms with Gasteiger partial charge in [0, 0.05) is 6.54 Å². The molecular formula is C12H15BrFNO2S. The van der Waals surface area contributed by atoms with Crippen molar-refractivity contribution in [2.75, 3.05) is 23.9 Å². The molecule has 3 nitrogen and oxygen atoms in total. The van der Waals surface area contributed by atoms with Gasteiger partial charge >= 0.3 is 5.97 Å². The molecule has 0 radical (unpaired) electrons. The number of halogens is 2. The molecule has 100 valence electrons. The molecule has 0 aliphatic rings. The van der Waals surface area contributed by atoms with Crippen molar-refractivity contribution in [1.29, 1.82) is 0 Å². The summed E-state index contributed by atoms with van der Waals surface area (Å²) < 4.78 is 13.9. The quantitative estimate of drug-likeness (QED) is 0.832. The van der Waals surface area contributed by atoms with E-state index in [1.54, 1.807) is 11.8 Å². The lowest BCUT2D eigenvalue weighted by molar-refractivity contribution is 0.0695. The zero-order valence-electron chi connectivity index (χ0n) is 10.2. The van der Waals surface area contributed by atoms with Crippen LogP contribution in [0.2, 0.25) is 0 Å². The summed E-state index contributed by atoms with van der Waals surface area (Å²) in [6.45, 7) is 2.72. The topological polar surface area (TPSA) is 49.3 Å². The smallest absolute Gasteiger partial charge is 0.336 e. The first-order chi connectivity index (χ1) is 8.47. The van der Waals surface area contributed by atoms with Crippen LogP contribution in [0.15, 0.2) is 16.6 Å². The zero-order chi connectivity index (χ0) is 13.7. The molecule has 0 saturated heterocycles. The summed E-state index contributed by atoms with van der Waals surface area (Å²) in [6.07, 6.45) is 2.02. The molecule has 18 heavy (non-hydrogen) atoms. The molecule has 0 heterocycles. The minimum atomic E-state index is -1.15. The Labute approximate surface area is 118 Å². The van der Waals surface area contributed by atoms with Crippen LogP contribution in [0.1, 0.15) is 17.3 Å². The van der Waals surface area contributed by atoms with Crippen LogP contribution >= 0.6 is 27.7 Å². The summed E-state index contributed by atoms with van der Waals surface area (Å²) in [5.41, 5.74) is 0.245. The molecule has 0 bridgehead atoms. The Bertz CT molecular complexity index is 442. The highest BCUT2D eigenvalue weighted by Gasteiger charge is 2.15. The van der Waals surface area contributed by atoms with Crippen LogP contribution in [-0.4, -0.2) is 29.6 Å². The van der Waals surface area contributed by atoms with Crippen molar-refractivity contribution in [3.63, 3.8) is 0 Å². The molecule has 6 heteroatoms. The Morgan fingerprint density at radius 2 is 2.28 bits per heavy atom. The maximum atomic E-state index is 13.9. The number of thioether (sulfide) groups is 1. The van der Waals surface area contributed by atoms with Crippen LogP contribution in [0, 0.1) is 11.7 Å². The summed E-state index contributed by atoms with van der Waals surface area (Å²) in [4.78, 5) is 10.8.